The average Bonchev–Trinajstić information content (AvgIpc) is 2.57. The molecule has 2 bridgehead atoms. The van der Waals surface area contributed by atoms with Gasteiger partial charge < -0.3 is 10.2 Å². The zero-order valence-electron chi connectivity index (χ0n) is 12.9. The van der Waals surface area contributed by atoms with Crippen molar-refractivity contribution in [2.45, 2.75) is 18.9 Å². The van der Waals surface area contributed by atoms with Crippen LogP contribution < -0.4 is 10.7 Å². The molecule has 4 rings (SSSR count). The van der Waals surface area contributed by atoms with Crippen LogP contribution in [0.4, 0.5) is 5.69 Å². The van der Waals surface area contributed by atoms with Crippen molar-refractivity contribution in [1.82, 2.24) is 15.6 Å². The number of thiocarbonyl (C=S) groups is 1. The minimum Gasteiger partial charge on any atom is -0.357 e. The number of nitrogens with zero attached hydrogens (tertiary/aromatic N) is 3. The van der Waals surface area contributed by atoms with Gasteiger partial charge in [0.25, 0.3) is 5.69 Å². The first-order chi connectivity index (χ1) is 11.5. The Balaban J connectivity index is 1.53. The Bertz CT molecular complexity index is 676. The molecule has 0 unspecified atom stereocenters. The number of hydrazone groups is 1. The fourth-order valence-corrected chi connectivity index (χ4v) is 3.64. The topological polar surface area (TPSA) is 82.8 Å². The van der Waals surface area contributed by atoms with E-state index >= 15 is 0 Å². The van der Waals surface area contributed by atoms with Gasteiger partial charge in [-0.05, 0) is 50.1 Å². The van der Waals surface area contributed by atoms with Gasteiger partial charge in [0, 0.05) is 24.2 Å². The average molecular weight is 368 g/mol. The Kier molecular flexibility index (Phi) is 5.27. The molecule has 7 nitrogen and oxygen atoms in total. The molecular formula is C15H18ClN5O2S. The van der Waals surface area contributed by atoms with Gasteiger partial charge in [-0.1, -0.05) is 17.7 Å². The van der Waals surface area contributed by atoms with Crippen molar-refractivity contribution in [2.75, 3.05) is 19.6 Å². The number of hydrogen-bond acceptors (Lipinski definition) is 5. The highest BCUT2D eigenvalue weighted by Crippen LogP contribution is 2.27. The van der Waals surface area contributed by atoms with E-state index in [2.05, 4.69) is 20.7 Å². The molecule has 128 valence electrons. The second kappa shape index (κ2) is 7.42. The van der Waals surface area contributed by atoms with E-state index in [1.807, 2.05) is 0 Å². The van der Waals surface area contributed by atoms with E-state index < -0.39 is 4.92 Å². The smallest absolute Gasteiger partial charge is 0.288 e. The molecule has 3 saturated heterocycles. The first-order valence-corrected chi connectivity index (χ1v) is 8.57. The summed E-state index contributed by atoms with van der Waals surface area (Å²) in [5.41, 5.74) is 3.20. The monoisotopic (exact) mass is 367 g/mol. The number of fused-ring (bicyclic) bond motifs is 3. The zero-order valence-corrected chi connectivity index (χ0v) is 14.5. The molecule has 3 aliphatic heterocycles. The molecule has 1 atom stereocenters. The maximum atomic E-state index is 10.9. The summed E-state index contributed by atoms with van der Waals surface area (Å²) in [6.07, 6.45) is 3.89. The van der Waals surface area contributed by atoms with Crippen molar-refractivity contribution in [3.63, 3.8) is 0 Å². The molecule has 1 aromatic rings. The number of benzene rings is 1. The van der Waals surface area contributed by atoms with Crippen LogP contribution in [0.25, 0.3) is 0 Å². The van der Waals surface area contributed by atoms with Crippen LogP contribution in [0.15, 0.2) is 23.3 Å². The minimum absolute atomic E-state index is 0.102. The standard InChI is InChI=1S/C15H18ClN5O2S/c16-12-2-1-10(7-14(12)21(22)23)8-17-19-15(24)18-13-9-20-5-3-11(13)4-6-20/h1-2,7-8,11,13H,3-6,9H2,(H2,18,19,24)/b17-8+/t13-/m0/s1. The van der Waals surface area contributed by atoms with Gasteiger partial charge in [-0.15, -0.1) is 0 Å². The maximum absolute atomic E-state index is 10.9. The summed E-state index contributed by atoms with van der Waals surface area (Å²) in [6.45, 7) is 3.37. The maximum Gasteiger partial charge on any atom is 0.288 e. The predicted octanol–water partition coefficient (Wildman–Crippen LogP) is 2.14. The van der Waals surface area contributed by atoms with Gasteiger partial charge in [-0.2, -0.15) is 5.10 Å². The third-order valence-electron chi connectivity index (χ3n) is 4.52. The van der Waals surface area contributed by atoms with Crippen LogP contribution in [0, 0.1) is 16.0 Å². The molecule has 0 radical (unpaired) electrons. The number of halogens is 1. The molecule has 0 aliphatic carbocycles. The molecule has 1 aromatic carbocycles. The molecule has 3 fully saturated rings. The Morgan fingerprint density at radius 3 is 2.83 bits per heavy atom. The quantitative estimate of drug-likeness (QED) is 0.367. The molecule has 3 aliphatic rings. The van der Waals surface area contributed by atoms with Crippen molar-refractivity contribution in [2.24, 2.45) is 11.0 Å². The molecule has 2 N–H and O–H groups in total. The van der Waals surface area contributed by atoms with Crippen molar-refractivity contribution in [3.05, 3.63) is 38.9 Å². The number of piperidine rings is 3. The lowest BCUT2D eigenvalue weighted by Crippen LogP contribution is -2.58. The van der Waals surface area contributed by atoms with E-state index in [1.165, 1.54) is 44.3 Å². The highest BCUT2D eigenvalue weighted by Gasteiger charge is 2.34. The van der Waals surface area contributed by atoms with Crippen LogP contribution in [0.5, 0.6) is 0 Å². The SMILES string of the molecule is O=[N+]([O-])c1cc(/C=N/NC(=S)N[C@H]2CN3CCC2CC3)ccc1Cl. The zero-order chi connectivity index (χ0) is 17.1. The summed E-state index contributed by atoms with van der Waals surface area (Å²) in [4.78, 5) is 12.8. The fraction of sp³-hybridized carbons (Fsp3) is 0.467. The van der Waals surface area contributed by atoms with E-state index in [-0.39, 0.29) is 10.7 Å². The second-order valence-corrected chi connectivity index (χ2v) is 6.87. The molecule has 0 spiro atoms. The highest BCUT2D eigenvalue weighted by atomic mass is 35.5. The molecule has 0 aromatic heterocycles. The van der Waals surface area contributed by atoms with Crippen LogP contribution in [-0.2, 0) is 0 Å². The molecule has 24 heavy (non-hydrogen) atoms. The van der Waals surface area contributed by atoms with Crippen LogP contribution in [-0.4, -0.2) is 46.8 Å². The summed E-state index contributed by atoms with van der Waals surface area (Å²) < 4.78 is 0. The Hall–Kier alpha value is -1.77. The minimum atomic E-state index is -0.521. The van der Waals surface area contributed by atoms with Crippen molar-refractivity contribution >= 4 is 40.8 Å². The number of nitro benzene ring substituents is 1. The summed E-state index contributed by atoms with van der Waals surface area (Å²) in [5.74, 6) is 0.664. The third kappa shape index (κ3) is 4.00. The molecular weight excluding hydrogens is 350 g/mol. The van der Waals surface area contributed by atoms with Crippen molar-refractivity contribution < 1.29 is 4.92 Å². The van der Waals surface area contributed by atoms with Gasteiger partial charge in [-0.25, -0.2) is 0 Å². The molecule has 0 saturated carbocycles. The normalized spacial score (nSPS) is 25.6. The molecule has 0 amide bonds. The summed E-state index contributed by atoms with van der Waals surface area (Å²) >= 11 is 11.0. The second-order valence-electron chi connectivity index (χ2n) is 6.06. The van der Waals surface area contributed by atoms with Crippen LogP contribution >= 0.6 is 23.8 Å². The fourth-order valence-electron chi connectivity index (χ4n) is 3.24. The first-order valence-electron chi connectivity index (χ1n) is 7.79. The van der Waals surface area contributed by atoms with E-state index in [0.29, 0.717) is 22.6 Å². The van der Waals surface area contributed by atoms with Gasteiger partial charge in [0.15, 0.2) is 5.11 Å². The third-order valence-corrected chi connectivity index (χ3v) is 5.05. The number of hydrogen-bond donors (Lipinski definition) is 2. The van der Waals surface area contributed by atoms with Crippen LogP contribution in [0.2, 0.25) is 5.02 Å². The van der Waals surface area contributed by atoms with Crippen molar-refractivity contribution in [1.29, 1.82) is 0 Å². The van der Waals surface area contributed by atoms with Gasteiger partial charge >= 0.3 is 0 Å². The van der Waals surface area contributed by atoms with Gasteiger partial charge in [0.1, 0.15) is 5.02 Å². The molecule has 3 heterocycles. The lowest BCUT2D eigenvalue weighted by molar-refractivity contribution is -0.384. The van der Waals surface area contributed by atoms with E-state index in [4.69, 9.17) is 23.8 Å². The van der Waals surface area contributed by atoms with Crippen molar-refractivity contribution in [3.8, 4) is 0 Å². The predicted molar refractivity (Wildman–Crippen MR) is 97.5 cm³/mol. The summed E-state index contributed by atoms with van der Waals surface area (Å²) in [6, 6.07) is 4.87. The molecule has 9 heteroatoms. The van der Waals surface area contributed by atoms with E-state index in [9.17, 15) is 10.1 Å². The Labute approximate surface area is 150 Å². The largest absolute Gasteiger partial charge is 0.357 e. The lowest BCUT2D eigenvalue weighted by Gasteiger charge is -2.45. The Morgan fingerprint density at radius 2 is 2.21 bits per heavy atom. The number of nitro groups is 1. The summed E-state index contributed by atoms with van der Waals surface area (Å²) in [7, 11) is 0. The van der Waals surface area contributed by atoms with Crippen LogP contribution in [0.1, 0.15) is 18.4 Å². The van der Waals surface area contributed by atoms with E-state index in [1.54, 1.807) is 6.07 Å². The van der Waals surface area contributed by atoms with E-state index in [0.717, 1.165) is 6.54 Å². The highest BCUT2D eigenvalue weighted by molar-refractivity contribution is 7.80. The van der Waals surface area contributed by atoms with Gasteiger partial charge in [0.05, 0.1) is 11.1 Å². The van der Waals surface area contributed by atoms with Crippen LogP contribution in [0.3, 0.4) is 0 Å². The lowest BCUT2D eigenvalue weighted by atomic mass is 9.84. The number of nitrogens with one attached hydrogen (secondary N) is 2. The summed E-state index contributed by atoms with van der Waals surface area (Å²) in [5, 5.41) is 18.8. The number of rotatable bonds is 4. The first kappa shape index (κ1) is 17.1. The van der Waals surface area contributed by atoms with Gasteiger partial charge in [0.2, 0.25) is 0 Å². The van der Waals surface area contributed by atoms with Gasteiger partial charge in [-0.3, -0.25) is 15.5 Å². The Morgan fingerprint density at radius 1 is 1.46 bits per heavy atom.